The van der Waals surface area contributed by atoms with Gasteiger partial charge in [0, 0.05) is 17.6 Å². The molecule has 1 saturated heterocycles. The third-order valence-corrected chi connectivity index (χ3v) is 4.80. The van der Waals surface area contributed by atoms with Gasteiger partial charge < -0.3 is 15.3 Å². The summed E-state index contributed by atoms with van der Waals surface area (Å²) < 4.78 is 1.05. The summed E-state index contributed by atoms with van der Waals surface area (Å²) in [4.78, 5) is 24.8. The molecule has 2 aliphatic rings. The number of urea groups is 1. The Morgan fingerprint density at radius 2 is 2.14 bits per heavy atom. The zero-order valence-electron chi connectivity index (χ0n) is 11.5. The van der Waals surface area contributed by atoms with E-state index in [0.29, 0.717) is 19.5 Å². The van der Waals surface area contributed by atoms with Gasteiger partial charge in [-0.3, -0.25) is 4.79 Å². The van der Waals surface area contributed by atoms with Gasteiger partial charge in [0.1, 0.15) is 0 Å². The maximum absolute atomic E-state index is 12.3. The normalized spacial score (nSPS) is 24.0. The molecule has 1 fully saturated rings. The summed E-state index contributed by atoms with van der Waals surface area (Å²) in [7, 11) is 0. The first kappa shape index (κ1) is 14.4. The number of benzene rings is 1. The summed E-state index contributed by atoms with van der Waals surface area (Å²) in [6.45, 7) is 0.823. The van der Waals surface area contributed by atoms with Crippen molar-refractivity contribution in [2.75, 3.05) is 13.1 Å². The first-order valence-electron chi connectivity index (χ1n) is 7.11. The quantitative estimate of drug-likeness (QED) is 0.859. The molecule has 1 aromatic rings. The molecule has 2 atom stereocenters. The highest BCUT2D eigenvalue weighted by molar-refractivity contribution is 9.10. The molecule has 3 rings (SSSR count). The molecule has 0 bridgehead atoms. The molecule has 0 aromatic heterocycles. The molecule has 0 spiro atoms. The summed E-state index contributed by atoms with van der Waals surface area (Å²) in [6, 6.07) is 6.00. The molecule has 112 valence electrons. The van der Waals surface area contributed by atoms with E-state index in [-0.39, 0.29) is 12.1 Å². The van der Waals surface area contributed by atoms with Crippen LogP contribution in [0.15, 0.2) is 22.7 Å². The molecule has 1 aromatic carbocycles. The topological polar surface area (TPSA) is 69.6 Å². The lowest BCUT2D eigenvalue weighted by atomic mass is 10.1. The Balaban J connectivity index is 1.64. The standard InChI is InChI=1S/C15H17BrN2O3/c16-11-2-3-12-9(7-11)1-4-13(12)17-15(21)18-6-5-10(8-18)14(19)20/h2-3,7,10,13H,1,4-6,8H2,(H,17,21)(H,19,20). The molecular weight excluding hydrogens is 336 g/mol. The number of halogens is 1. The number of aryl methyl sites for hydroxylation is 1. The number of hydrogen-bond donors (Lipinski definition) is 2. The Morgan fingerprint density at radius 1 is 1.33 bits per heavy atom. The lowest BCUT2D eigenvalue weighted by molar-refractivity contribution is -0.141. The van der Waals surface area contributed by atoms with Gasteiger partial charge in [0.15, 0.2) is 0 Å². The van der Waals surface area contributed by atoms with Crippen molar-refractivity contribution in [2.24, 2.45) is 5.92 Å². The van der Waals surface area contributed by atoms with Crippen molar-refractivity contribution in [3.63, 3.8) is 0 Å². The summed E-state index contributed by atoms with van der Waals surface area (Å²) in [6.07, 6.45) is 2.39. The molecule has 2 unspecified atom stereocenters. The van der Waals surface area contributed by atoms with Crippen LogP contribution in [0.4, 0.5) is 4.79 Å². The van der Waals surface area contributed by atoms with Gasteiger partial charge >= 0.3 is 12.0 Å². The van der Waals surface area contributed by atoms with E-state index < -0.39 is 11.9 Å². The second-order valence-electron chi connectivity index (χ2n) is 5.65. The number of nitrogens with one attached hydrogen (secondary N) is 1. The van der Waals surface area contributed by atoms with Gasteiger partial charge in [-0.25, -0.2) is 4.79 Å². The number of fused-ring (bicyclic) bond motifs is 1. The van der Waals surface area contributed by atoms with Gasteiger partial charge in [0.2, 0.25) is 0 Å². The third kappa shape index (κ3) is 2.90. The lowest BCUT2D eigenvalue weighted by Gasteiger charge is -2.21. The number of nitrogens with zero attached hydrogens (tertiary/aromatic N) is 1. The van der Waals surface area contributed by atoms with Crippen LogP contribution in [0.2, 0.25) is 0 Å². The summed E-state index contributed by atoms with van der Waals surface area (Å²) in [5.74, 6) is -1.25. The van der Waals surface area contributed by atoms with Crippen molar-refractivity contribution in [3.05, 3.63) is 33.8 Å². The number of likely N-dealkylation sites (tertiary alicyclic amines) is 1. The average molecular weight is 353 g/mol. The van der Waals surface area contributed by atoms with Crippen LogP contribution in [0.3, 0.4) is 0 Å². The largest absolute Gasteiger partial charge is 0.481 e. The number of aliphatic carboxylic acids is 1. The highest BCUT2D eigenvalue weighted by Gasteiger charge is 2.32. The van der Waals surface area contributed by atoms with Gasteiger partial charge in [0.05, 0.1) is 12.0 Å². The highest BCUT2D eigenvalue weighted by atomic mass is 79.9. The minimum absolute atomic E-state index is 0.0319. The van der Waals surface area contributed by atoms with Crippen molar-refractivity contribution in [1.29, 1.82) is 0 Å². The number of carboxylic acid groups (broad SMARTS) is 1. The fourth-order valence-electron chi connectivity index (χ4n) is 3.12. The molecule has 5 nitrogen and oxygen atoms in total. The maximum atomic E-state index is 12.3. The van der Waals surface area contributed by atoms with Gasteiger partial charge in [0.25, 0.3) is 0 Å². The van der Waals surface area contributed by atoms with Crippen molar-refractivity contribution in [1.82, 2.24) is 10.2 Å². The molecule has 0 radical (unpaired) electrons. The Kier molecular flexibility index (Phi) is 3.89. The van der Waals surface area contributed by atoms with Crippen LogP contribution in [0.5, 0.6) is 0 Å². The van der Waals surface area contributed by atoms with Gasteiger partial charge in [-0.05, 0) is 42.5 Å². The number of rotatable bonds is 2. The number of carboxylic acids is 1. The molecule has 1 aliphatic carbocycles. The van der Waals surface area contributed by atoms with Crippen molar-refractivity contribution < 1.29 is 14.7 Å². The molecule has 1 heterocycles. The maximum Gasteiger partial charge on any atom is 0.317 e. The molecule has 6 heteroatoms. The van der Waals surface area contributed by atoms with Gasteiger partial charge in [-0.15, -0.1) is 0 Å². The lowest BCUT2D eigenvalue weighted by Crippen LogP contribution is -2.40. The second kappa shape index (κ2) is 5.67. The fourth-order valence-corrected chi connectivity index (χ4v) is 3.53. The van der Waals surface area contributed by atoms with Crippen LogP contribution >= 0.6 is 15.9 Å². The van der Waals surface area contributed by atoms with E-state index in [9.17, 15) is 9.59 Å². The molecule has 0 saturated carbocycles. The van der Waals surface area contributed by atoms with E-state index in [1.807, 2.05) is 12.1 Å². The SMILES string of the molecule is O=C(O)C1CCN(C(=O)NC2CCc3cc(Br)ccc32)C1. The van der Waals surface area contributed by atoms with Crippen LogP contribution in [0, 0.1) is 5.92 Å². The van der Waals surface area contributed by atoms with Crippen LogP contribution in [0.25, 0.3) is 0 Å². The first-order valence-corrected chi connectivity index (χ1v) is 7.90. The fraction of sp³-hybridized carbons (Fsp3) is 0.467. The smallest absolute Gasteiger partial charge is 0.317 e. The van der Waals surface area contributed by atoms with Crippen LogP contribution < -0.4 is 5.32 Å². The minimum Gasteiger partial charge on any atom is -0.481 e. The summed E-state index contributed by atoms with van der Waals surface area (Å²) >= 11 is 3.46. The first-order chi connectivity index (χ1) is 10.0. The van der Waals surface area contributed by atoms with Crippen molar-refractivity contribution in [2.45, 2.75) is 25.3 Å². The van der Waals surface area contributed by atoms with E-state index in [4.69, 9.17) is 5.11 Å². The van der Waals surface area contributed by atoms with Gasteiger partial charge in [-0.1, -0.05) is 22.0 Å². The summed E-state index contributed by atoms with van der Waals surface area (Å²) in [5, 5.41) is 12.0. The van der Waals surface area contributed by atoms with E-state index in [1.54, 1.807) is 4.90 Å². The van der Waals surface area contributed by atoms with E-state index in [1.165, 1.54) is 11.1 Å². The predicted molar refractivity (Wildman–Crippen MR) is 81.1 cm³/mol. The van der Waals surface area contributed by atoms with E-state index in [2.05, 4.69) is 27.3 Å². The predicted octanol–water partition coefficient (Wildman–Crippen LogP) is 2.55. The van der Waals surface area contributed by atoms with Crippen LogP contribution in [-0.4, -0.2) is 35.1 Å². The Hall–Kier alpha value is -1.56. The number of hydrogen-bond acceptors (Lipinski definition) is 2. The number of amides is 2. The highest BCUT2D eigenvalue weighted by Crippen LogP contribution is 2.33. The van der Waals surface area contributed by atoms with Crippen molar-refractivity contribution in [3.8, 4) is 0 Å². The van der Waals surface area contributed by atoms with Crippen LogP contribution in [0.1, 0.15) is 30.0 Å². The molecule has 21 heavy (non-hydrogen) atoms. The van der Waals surface area contributed by atoms with Crippen molar-refractivity contribution >= 4 is 27.9 Å². The monoisotopic (exact) mass is 352 g/mol. The molecule has 2 amide bonds. The van der Waals surface area contributed by atoms with Crippen LogP contribution in [-0.2, 0) is 11.2 Å². The molecule has 2 N–H and O–H groups in total. The zero-order valence-corrected chi connectivity index (χ0v) is 13.1. The number of carbonyl (C=O) groups excluding carboxylic acids is 1. The minimum atomic E-state index is -0.818. The zero-order chi connectivity index (χ0) is 15.0. The Morgan fingerprint density at radius 3 is 2.86 bits per heavy atom. The Bertz CT molecular complexity index is 590. The molecular formula is C15H17BrN2O3. The van der Waals surface area contributed by atoms with E-state index in [0.717, 1.165) is 17.3 Å². The average Bonchev–Trinajstić information content (AvgIpc) is 3.06. The third-order valence-electron chi connectivity index (χ3n) is 4.31. The van der Waals surface area contributed by atoms with E-state index >= 15 is 0 Å². The second-order valence-corrected chi connectivity index (χ2v) is 6.57. The molecule has 1 aliphatic heterocycles. The Labute approximate surface area is 131 Å². The number of carbonyl (C=O) groups is 2. The summed E-state index contributed by atoms with van der Waals surface area (Å²) in [5.41, 5.74) is 2.43. The van der Waals surface area contributed by atoms with Gasteiger partial charge in [-0.2, -0.15) is 0 Å².